The number of rotatable bonds is 6. The molecule has 1 aromatic carbocycles. The predicted molar refractivity (Wildman–Crippen MR) is 97.4 cm³/mol. The van der Waals surface area contributed by atoms with Crippen LogP contribution in [0.2, 0.25) is 0 Å². The lowest BCUT2D eigenvalue weighted by atomic mass is 10.0. The summed E-state index contributed by atoms with van der Waals surface area (Å²) < 4.78 is 28.2. The Balaban J connectivity index is 2.11. The highest BCUT2D eigenvalue weighted by Gasteiger charge is 2.16. The first kappa shape index (κ1) is 19.1. The van der Waals surface area contributed by atoms with E-state index in [-0.39, 0.29) is 6.54 Å². The molecule has 0 aliphatic carbocycles. The Morgan fingerprint density at radius 1 is 1.24 bits per heavy atom. The van der Waals surface area contributed by atoms with Crippen molar-refractivity contribution in [1.29, 1.82) is 0 Å². The second-order valence-electron chi connectivity index (χ2n) is 5.98. The minimum absolute atomic E-state index is 0.349. The van der Waals surface area contributed by atoms with Crippen molar-refractivity contribution >= 4 is 22.1 Å². The zero-order valence-electron chi connectivity index (χ0n) is 15.0. The van der Waals surface area contributed by atoms with E-state index in [1.807, 2.05) is 26.0 Å². The predicted octanol–water partition coefficient (Wildman–Crippen LogP) is 1.04. The summed E-state index contributed by atoms with van der Waals surface area (Å²) in [6.45, 7) is 3.71. The topological polar surface area (TPSA) is 96.3 Å². The van der Waals surface area contributed by atoms with Crippen LogP contribution in [0.3, 0.4) is 0 Å². The highest BCUT2D eigenvalue weighted by atomic mass is 32.2. The molecule has 2 N–H and O–H groups in total. The Labute approximate surface area is 148 Å². The molecule has 8 nitrogen and oxygen atoms in total. The van der Waals surface area contributed by atoms with E-state index in [1.54, 1.807) is 17.8 Å². The molecule has 0 atom stereocenters. The van der Waals surface area contributed by atoms with Gasteiger partial charge in [0.05, 0.1) is 18.4 Å². The number of carbonyl (C=O) groups excluding carboxylic acids is 1. The zero-order chi connectivity index (χ0) is 18.8. The molecule has 0 spiro atoms. The lowest BCUT2D eigenvalue weighted by molar-refractivity contribution is -0.115. The van der Waals surface area contributed by atoms with Gasteiger partial charge in [0.15, 0.2) is 0 Å². The van der Waals surface area contributed by atoms with Gasteiger partial charge in [-0.05, 0) is 31.0 Å². The summed E-state index contributed by atoms with van der Waals surface area (Å²) in [5.41, 5.74) is 4.22. The Morgan fingerprint density at radius 3 is 2.52 bits per heavy atom. The average molecular weight is 365 g/mol. The zero-order valence-corrected chi connectivity index (χ0v) is 15.8. The molecule has 0 aliphatic rings. The summed E-state index contributed by atoms with van der Waals surface area (Å²) in [6, 6.07) is 6.09. The number of anilines is 1. The molecule has 1 heterocycles. The van der Waals surface area contributed by atoms with Crippen molar-refractivity contribution in [3.8, 4) is 11.3 Å². The molecule has 1 amide bonds. The lowest BCUT2D eigenvalue weighted by Gasteiger charge is -2.12. The smallest absolute Gasteiger partial charge is 0.279 e. The van der Waals surface area contributed by atoms with E-state index < -0.39 is 16.1 Å². The quantitative estimate of drug-likeness (QED) is 0.799. The first-order chi connectivity index (χ1) is 11.6. The first-order valence-electron chi connectivity index (χ1n) is 7.68. The number of hydrogen-bond donors (Lipinski definition) is 2. The van der Waals surface area contributed by atoms with Crippen LogP contribution in [0.15, 0.2) is 24.4 Å². The van der Waals surface area contributed by atoms with Gasteiger partial charge in [-0.25, -0.2) is 4.98 Å². The third-order valence-corrected chi connectivity index (χ3v) is 5.41. The van der Waals surface area contributed by atoms with Gasteiger partial charge in [0.1, 0.15) is 0 Å². The van der Waals surface area contributed by atoms with Crippen LogP contribution in [0.1, 0.15) is 11.1 Å². The first-order valence-corrected chi connectivity index (χ1v) is 9.12. The summed E-state index contributed by atoms with van der Waals surface area (Å²) in [5, 5.41) is 2.61. The molecule has 0 unspecified atom stereocenters. The standard InChI is InChI=1S/C16H23N5O3S/c1-11-6-7-13(8-12(11)2)14-9-17-16(21(14)5)19-15(22)10-18-25(23,24)20(3)4/h6-9,18H,10H2,1-5H3,(H,17,19,22). The fourth-order valence-corrected chi connectivity index (χ4v) is 2.72. The van der Waals surface area contributed by atoms with Crippen molar-refractivity contribution in [2.75, 3.05) is 26.0 Å². The van der Waals surface area contributed by atoms with Gasteiger partial charge in [0.2, 0.25) is 11.9 Å². The minimum atomic E-state index is -3.65. The summed E-state index contributed by atoms with van der Waals surface area (Å²) in [7, 11) is 0.909. The van der Waals surface area contributed by atoms with Crippen molar-refractivity contribution in [3.05, 3.63) is 35.5 Å². The summed E-state index contributed by atoms with van der Waals surface area (Å²) in [5.74, 6) is -0.145. The molecule has 0 aliphatic heterocycles. The number of aromatic nitrogens is 2. The number of hydrogen-bond acceptors (Lipinski definition) is 4. The van der Waals surface area contributed by atoms with Crippen LogP contribution in [0, 0.1) is 13.8 Å². The van der Waals surface area contributed by atoms with Crippen LogP contribution in [0.5, 0.6) is 0 Å². The van der Waals surface area contributed by atoms with Crippen molar-refractivity contribution < 1.29 is 13.2 Å². The number of amides is 1. The van der Waals surface area contributed by atoms with Crippen LogP contribution < -0.4 is 10.0 Å². The second kappa shape index (κ2) is 7.34. The second-order valence-corrected chi connectivity index (χ2v) is 7.95. The number of imidazole rings is 1. The molecule has 0 bridgehead atoms. The molecule has 0 saturated carbocycles. The summed E-state index contributed by atoms with van der Waals surface area (Å²) in [6.07, 6.45) is 1.67. The Morgan fingerprint density at radius 2 is 1.92 bits per heavy atom. The van der Waals surface area contributed by atoms with Crippen molar-refractivity contribution in [3.63, 3.8) is 0 Å². The molecular formula is C16H23N5O3S. The van der Waals surface area contributed by atoms with E-state index in [1.165, 1.54) is 25.2 Å². The fraction of sp³-hybridized carbons (Fsp3) is 0.375. The Hall–Kier alpha value is -2.23. The van der Waals surface area contributed by atoms with E-state index in [4.69, 9.17) is 0 Å². The Bertz CT molecular complexity index is 887. The largest absolute Gasteiger partial charge is 0.313 e. The third-order valence-electron chi connectivity index (χ3n) is 3.94. The van der Waals surface area contributed by atoms with Gasteiger partial charge in [0.25, 0.3) is 10.2 Å². The SMILES string of the molecule is Cc1ccc(-c2cnc(NC(=O)CNS(=O)(=O)N(C)C)n2C)cc1C. The Kier molecular flexibility index (Phi) is 5.61. The summed E-state index contributed by atoms with van der Waals surface area (Å²) in [4.78, 5) is 16.2. The summed E-state index contributed by atoms with van der Waals surface area (Å²) >= 11 is 0. The van der Waals surface area contributed by atoms with E-state index in [2.05, 4.69) is 21.1 Å². The normalized spacial score (nSPS) is 11.8. The minimum Gasteiger partial charge on any atom is -0.313 e. The molecule has 0 fully saturated rings. The highest BCUT2D eigenvalue weighted by Crippen LogP contribution is 2.24. The molecule has 0 saturated heterocycles. The van der Waals surface area contributed by atoms with Gasteiger partial charge >= 0.3 is 0 Å². The average Bonchev–Trinajstić information content (AvgIpc) is 2.89. The molecule has 2 aromatic rings. The number of nitrogens with zero attached hydrogens (tertiary/aromatic N) is 3. The lowest BCUT2D eigenvalue weighted by Crippen LogP contribution is -2.40. The molecule has 9 heteroatoms. The van der Waals surface area contributed by atoms with E-state index in [0.717, 1.165) is 15.6 Å². The van der Waals surface area contributed by atoms with Crippen LogP contribution in [0.25, 0.3) is 11.3 Å². The van der Waals surface area contributed by atoms with Crippen LogP contribution in [-0.4, -0.2) is 48.8 Å². The number of benzene rings is 1. The molecule has 1 aromatic heterocycles. The van der Waals surface area contributed by atoms with Crippen LogP contribution in [0.4, 0.5) is 5.95 Å². The van der Waals surface area contributed by atoms with Crippen molar-refractivity contribution in [2.45, 2.75) is 13.8 Å². The van der Waals surface area contributed by atoms with Crippen LogP contribution >= 0.6 is 0 Å². The number of aryl methyl sites for hydroxylation is 2. The number of nitrogens with one attached hydrogen (secondary N) is 2. The van der Waals surface area contributed by atoms with E-state index >= 15 is 0 Å². The molecule has 2 rings (SSSR count). The van der Waals surface area contributed by atoms with Gasteiger partial charge in [-0.2, -0.15) is 17.4 Å². The maximum Gasteiger partial charge on any atom is 0.279 e. The van der Waals surface area contributed by atoms with Gasteiger partial charge in [-0.15, -0.1) is 0 Å². The highest BCUT2D eigenvalue weighted by molar-refractivity contribution is 7.87. The molecule has 0 radical (unpaired) electrons. The molecule has 136 valence electrons. The third kappa shape index (κ3) is 4.44. The van der Waals surface area contributed by atoms with Gasteiger partial charge in [0, 0.05) is 26.7 Å². The van der Waals surface area contributed by atoms with Gasteiger partial charge < -0.3 is 4.57 Å². The van der Waals surface area contributed by atoms with Crippen LogP contribution in [-0.2, 0) is 22.1 Å². The molecule has 25 heavy (non-hydrogen) atoms. The number of carbonyl (C=O) groups is 1. The maximum atomic E-state index is 12.0. The van der Waals surface area contributed by atoms with Crippen molar-refractivity contribution in [2.24, 2.45) is 7.05 Å². The molecular weight excluding hydrogens is 342 g/mol. The maximum absolute atomic E-state index is 12.0. The van der Waals surface area contributed by atoms with E-state index in [0.29, 0.717) is 5.95 Å². The van der Waals surface area contributed by atoms with E-state index in [9.17, 15) is 13.2 Å². The monoisotopic (exact) mass is 365 g/mol. The fourth-order valence-electron chi connectivity index (χ4n) is 2.15. The van der Waals surface area contributed by atoms with Gasteiger partial charge in [-0.1, -0.05) is 12.1 Å². The van der Waals surface area contributed by atoms with Gasteiger partial charge in [-0.3, -0.25) is 10.1 Å². The van der Waals surface area contributed by atoms with Crippen molar-refractivity contribution in [1.82, 2.24) is 18.6 Å².